The first-order chi connectivity index (χ1) is 12.2. The van der Waals surface area contributed by atoms with Crippen LogP contribution in [0.5, 0.6) is 0 Å². The van der Waals surface area contributed by atoms with E-state index < -0.39 is 0 Å². The monoisotopic (exact) mass is 387 g/mol. The van der Waals surface area contributed by atoms with Crippen molar-refractivity contribution >= 4 is 51.4 Å². The summed E-state index contributed by atoms with van der Waals surface area (Å²) in [6, 6.07) is 14.5. The SMILES string of the molecule is Fc1ccc(NC(=S)N2N=C(c3cccs3)C[C@@H]2c2cccs2)cc1. The molecule has 1 N–H and O–H groups in total. The zero-order valence-electron chi connectivity index (χ0n) is 13.1. The van der Waals surface area contributed by atoms with Gasteiger partial charge in [0.1, 0.15) is 5.82 Å². The average molecular weight is 388 g/mol. The van der Waals surface area contributed by atoms with E-state index in [1.807, 2.05) is 17.1 Å². The van der Waals surface area contributed by atoms with Gasteiger partial charge in [0.15, 0.2) is 5.11 Å². The van der Waals surface area contributed by atoms with Crippen LogP contribution in [0.15, 0.2) is 64.4 Å². The highest BCUT2D eigenvalue weighted by atomic mass is 32.1. The lowest BCUT2D eigenvalue weighted by Gasteiger charge is -2.23. The van der Waals surface area contributed by atoms with Crippen LogP contribution in [0.2, 0.25) is 0 Å². The Morgan fingerprint density at radius 3 is 2.56 bits per heavy atom. The van der Waals surface area contributed by atoms with Gasteiger partial charge in [-0.25, -0.2) is 9.40 Å². The van der Waals surface area contributed by atoms with Gasteiger partial charge in [-0.1, -0.05) is 12.1 Å². The lowest BCUT2D eigenvalue weighted by atomic mass is 10.1. The fraction of sp³-hybridized carbons (Fsp3) is 0.111. The van der Waals surface area contributed by atoms with Gasteiger partial charge in [0.2, 0.25) is 0 Å². The van der Waals surface area contributed by atoms with E-state index in [0.717, 1.165) is 22.7 Å². The number of anilines is 1. The molecule has 3 heterocycles. The molecule has 0 unspecified atom stereocenters. The Hall–Kier alpha value is -2.09. The molecule has 0 amide bonds. The van der Waals surface area contributed by atoms with E-state index in [0.29, 0.717) is 5.11 Å². The van der Waals surface area contributed by atoms with Crippen molar-refractivity contribution in [3.63, 3.8) is 0 Å². The van der Waals surface area contributed by atoms with Crippen LogP contribution in [0, 0.1) is 5.82 Å². The van der Waals surface area contributed by atoms with Gasteiger partial charge in [-0.2, -0.15) is 5.10 Å². The molecule has 4 rings (SSSR count). The van der Waals surface area contributed by atoms with E-state index in [9.17, 15) is 4.39 Å². The van der Waals surface area contributed by atoms with Gasteiger partial charge in [-0.3, -0.25) is 0 Å². The molecule has 0 aliphatic carbocycles. The molecule has 7 heteroatoms. The summed E-state index contributed by atoms with van der Waals surface area (Å²) in [5, 5.41) is 14.4. The molecule has 1 aliphatic heterocycles. The minimum absolute atomic E-state index is 0.0811. The molecule has 1 aliphatic rings. The van der Waals surface area contributed by atoms with E-state index >= 15 is 0 Å². The number of hydrogen-bond donors (Lipinski definition) is 1. The predicted molar refractivity (Wildman–Crippen MR) is 107 cm³/mol. The van der Waals surface area contributed by atoms with Crippen molar-refractivity contribution in [2.24, 2.45) is 5.10 Å². The minimum atomic E-state index is -0.271. The number of rotatable bonds is 3. The summed E-state index contributed by atoms with van der Waals surface area (Å²) in [7, 11) is 0. The Labute approximate surface area is 158 Å². The van der Waals surface area contributed by atoms with Gasteiger partial charge in [0.25, 0.3) is 0 Å². The van der Waals surface area contributed by atoms with Crippen LogP contribution in [-0.2, 0) is 0 Å². The van der Waals surface area contributed by atoms with Crippen molar-refractivity contribution in [3.05, 3.63) is 74.9 Å². The second-order valence-corrected chi connectivity index (χ2v) is 7.85. The summed E-state index contributed by atoms with van der Waals surface area (Å²) in [6.07, 6.45) is 0.812. The fourth-order valence-electron chi connectivity index (χ4n) is 2.71. The number of thiocarbonyl (C=S) groups is 1. The van der Waals surface area contributed by atoms with Crippen LogP contribution in [-0.4, -0.2) is 15.8 Å². The molecule has 0 bridgehead atoms. The number of thiophene rings is 2. The zero-order chi connectivity index (χ0) is 17.2. The number of hydrazone groups is 1. The largest absolute Gasteiger partial charge is 0.331 e. The standard InChI is InChI=1S/C18H14FN3S3/c19-12-5-7-13(8-6-12)20-18(23)22-15(17-4-2-10-25-17)11-14(21-22)16-3-1-9-24-16/h1-10,15H,11H2,(H,20,23)/t15-/m1/s1. The Bertz CT molecular complexity index is 886. The Morgan fingerprint density at radius 2 is 1.88 bits per heavy atom. The predicted octanol–water partition coefficient (Wildman–Crippen LogP) is 5.50. The van der Waals surface area contributed by atoms with Gasteiger partial charge in [-0.05, 0) is 59.4 Å². The van der Waals surface area contributed by atoms with Gasteiger partial charge in [-0.15, -0.1) is 22.7 Å². The molecule has 0 radical (unpaired) electrons. The van der Waals surface area contributed by atoms with Gasteiger partial charge < -0.3 is 5.32 Å². The van der Waals surface area contributed by atoms with Gasteiger partial charge in [0.05, 0.1) is 16.6 Å². The maximum atomic E-state index is 13.1. The number of benzene rings is 1. The van der Waals surface area contributed by atoms with Crippen molar-refractivity contribution in [1.29, 1.82) is 0 Å². The van der Waals surface area contributed by atoms with Crippen LogP contribution in [0.1, 0.15) is 22.2 Å². The highest BCUT2D eigenvalue weighted by molar-refractivity contribution is 7.80. The summed E-state index contributed by atoms with van der Waals surface area (Å²) in [4.78, 5) is 2.38. The van der Waals surface area contributed by atoms with Crippen molar-refractivity contribution in [2.45, 2.75) is 12.5 Å². The average Bonchev–Trinajstić information content (AvgIpc) is 3.36. The molecule has 1 aromatic carbocycles. The molecule has 0 spiro atoms. The topological polar surface area (TPSA) is 27.6 Å². The van der Waals surface area contributed by atoms with Gasteiger partial charge in [0, 0.05) is 17.0 Å². The summed E-state index contributed by atoms with van der Waals surface area (Å²) >= 11 is 8.96. The van der Waals surface area contributed by atoms with Crippen molar-refractivity contribution in [2.75, 3.05) is 5.32 Å². The van der Waals surface area contributed by atoms with Crippen molar-refractivity contribution in [1.82, 2.24) is 5.01 Å². The molecular formula is C18H14FN3S3. The van der Waals surface area contributed by atoms with Gasteiger partial charge >= 0.3 is 0 Å². The Balaban J connectivity index is 1.60. The molecule has 2 aromatic heterocycles. The molecular weight excluding hydrogens is 373 g/mol. The summed E-state index contributed by atoms with van der Waals surface area (Å²) in [6.45, 7) is 0. The first-order valence-corrected chi connectivity index (χ1v) is 9.88. The number of nitrogens with one attached hydrogen (secondary N) is 1. The lowest BCUT2D eigenvalue weighted by Crippen LogP contribution is -2.30. The summed E-state index contributed by atoms with van der Waals surface area (Å²) in [5.74, 6) is -0.271. The first kappa shape index (κ1) is 16.4. The highest BCUT2D eigenvalue weighted by Gasteiger charge is 2.32. The van der Waals surface area contributed by atoms with Crippen molar-refractivity contribution in [3.8, 4) is 0 Å². The fourth-order valence-corrected chi connectivity index (χ4v) is 4.52. The van der Waals surface area contributed by atoms with Crippen LogP contribution in [0.4, 0.5) is 10.1 Å². The molecule has 0 saturated carbocycles. The third kappa shape index (κ3) is 3.49. The smallest absolute Gasteiger partial charge is 0.194 e. The normalized spacial score (nSPS) is 16.8. The van der Waals surface area contributed by atoms with E-state index in [1.165, 1.54) is 17.0 Å². The summed E-state index contributed by atoms with van der Waals surface area (Å²) < 4.78 is 13.1. The minimum Gasteiger partial charge on any atom is -0.331 e. The van der Waals surface area contributed by atoms with E-state index in [-0.39, 0.29) is 11.9 Å². The lowest BCUT2D eigenvalue weighted by molar-refractivity contribution is 0.380. The highest BCUT2D eigenvalue weighted by Crippen LogP contribution is 2.36. The van der Waals surface area contributed by atoms with Crippen LogP contribution in [0.25, 0.3) is 0 Å². The van der Waals surface area contributed by atoms with Crippen molar-refractivity contribution < 1.29 is 4.39 Å². The molecule has 1 atom stereocenters. The third-order valence-electron chi connectivity index (χ3n) is 3.89. The van der Waals surface area contributed by atoms with Crippen LogP contribution in [0.3, 0.4) is 0 Å². The van der Waals surface area contributed by atoms with E-state index in [4.69, 9.17) is 17.3 Å². The van der Waals surface area contributed by atoms with E-state index in [1.54, 1.807) is 34.8 Å². The summed E-state index contributed by atoms with van der Waals surface area (Å²) in [5.41, 5.74) is 1.78. The van der Waals surface area contributed by atoms with Crippen LogP contribution >= 0.6 is 34.9 Å². The number of hydrogen-bond acceptors (Lipinski definition) is 4. The molecule has 126 valence electrons. The Kier molecular flexibility index (Phi) is 4.61. The maximum absolute atomic E-state index is 13.1. The Morgan fingerprint density at radius 1 is 1.12 bits per heavy atom. The number of nitrogens with zero attached hydrogens (tertiary/aromatic N) is 2. The molecule has 3 aromatic rings. The second-order valence-electron chi connectivity index (χ2n) is 5.54. The molecule has 25 heavy (non-hydrogen) atoms. The zero-order valence-corrected chi connectivity index (χ0v) is 15.5. The second kappa shape index (κ2) is 7.03. The maximum Gasteiger partial charge on any atom is 0.194 e. The molecule has 0 fully saturated rings. The first-order valence-electron chi connectivity index (χ1n) is 7.71. The number of halogens is 1. The van der Waals surface area contributed by atoms with Crippen LogP contribution < -0.4 is 5.32 Å². The third-order valence-corrected chi connectivity index (χ3v) is 6.07. The molecule has 0 saturated heterocycles. The quantitative estimate of drug-likeness (QED) is 0.602. The molecule has 3 nitrogen and oxygen atoms in total. The van der Waals surface area contributed by atoms with E-state index in [2.05, 4.69) is 28.2 Å².